The summed E-state index contributed by atoms with van der Waals surface area (Å²) in [7, 11) is -4.62. The number of benzene rings is 1. The Labute approximate surface area is 180 Å². The van der Waals surface area contributed by atoms with Crippen molar-refractivity contribution in [3.63, 3.8) is 0 Å². The highest BCUT2D eigenvalue weighted by molar-refractivity contribution is 7.84. The second kappa shape index (κ2) is 9.62. The lowest BCUT2D eigenvalue weighted by molar-refractivity contribution is -0.152. The van der Waals surface area contributed by atoms with Crippen LogP contribution in [0.4, 0.5) is 4.79 Å². The Hall–Kier alpha value is -2.70. The van der Waals surface area contributed by atoms with E-state index < -0.39 is 46.3 Å². The lowest BCUT2D eigenvalue weighted by Gasteiger charge is -2.42. The number of ether oxygens (including phenoxy) is 1. The molecule has 2 aliphatic rings. The SMILES string of the molecule is N[C@@H](CCCCNC(=O)OCc1ccccc1)C(=O)N1CC[C@@H]2[C@H]1C(=O)N2S(=O)(=O)O. The highest BCUT2D eigenvalue weighted by Gasteiger charge is 2.60. The summed E-state index contributed by atoms with van der Waals surface area (Å²) in [5.41, 5.74) is 6.84. The number of β-lactam (4-membered cyclic amide) rings is 1. The molecule has 0 aliphatic carbocycles. The van der Waals surface area contributed by atoms with Crippen LogP contribution in [0.2, 0.25) is 0 Å². The summed E-state index contributed by atoms with van der Waals surface area (Å²) in [6.45, 7) is 0.747. The largest absolute Gasteiger partial charge is 0.445 e. The van der Waals surface area contributed by atoms with Crippen molar-refractivity contribution >= 4 is 28.2 Å². The lowest BCUT2D eigenvalue weighted by Crippen LogP contribution is -2.69. The molecule has 3 rings (SSSR count). The van der Waals surface area contributed by atoms with Gasteiger partial charge in [0.15, 0.2) is 0 Å². The number of nitrogens with one attached hydrogen (secondary N) is 1. The van der Waals surface area contributed by atoms with Gasteiger partial charge in [-0.1, -0.05) is 30.3 Å². The van der Waals surface area contributed by atoms with Gasteiger partial charge in [-0.15, -0.1) is 0 Å². The first-order valence-corrected chi connectivity index (χ1v) is 11.4. The number of unbranched alkanes of at least 4 members (excludes halogenated alkanes) is 1. The van der Waals surface area contributed by atoms with Crippen molar-refractivity contribution in [1.82, 2.24) is 14.5 Å². The first-order chi connectivity index (χ1) is 14.7. The summed E-state index contributed by atoms with van der Waals surface area (Å²) in [5.74, 6) is -1.24. The van der Waals surface area contributed by atoms with Crippen molar-refractivity contribution in [1.29, 1.82) is 0 Å². The Morgan fingerprint density at radius 1 is 1.26 bits per heavy atom. The van der Waals surface area contributed by atoms with Gasteiger partial charge in [0, 0.05) is 13.1 Å². The van der Waals surface area contributed by atoms with Gasteiger partial charge in [0.2, 0.25) is 5.91 Å². The fourth-order valence-electron chi connectivity index (χ4n) is 3.85. The molecule has 0 aromatic heterocycles. The van der Waals surface area contributed by atoms with E-state index in [1.165, 1.54) is 4.90 Å². The van der Waals surface area contributed by atoms with Crippen LogP contribution in [0.3, 0.4) is 0 Å². The Balaban J connectivity index is 1.33. The summed E-state index contributed by atoms with van der Waals surface area (Å²) < 4.78 is 37.1. The van der Waals surface area contributed by atoms with Crippen molar-refractivity contribution in [2.45, 2.75) is 50.4 Å². The Kier molecular flexibility index (Phi) is 7.13. The van der Waals surface area contributed by atoms with Gasteiger partial charge >= 0.3 is 16.4 Å². The van der Waals surface area contributed by atoms with E-state index in [0.29, 0.717) is 30.1 Å². The highest BCUT2D eigenvalue weighted by atomic mass is 32.2. The normalized spacial score (nSPS) is 21.3. The molecule has 1 aromatic rings. The predicted octanol–water partition coefficient (Wildman–Crippen LogP) is 0.0249. The maximum atomic E-state index is 12.6. The standard InChI is InChI=1S/C19H26N4O7S/c20-14(8-4-5-10-21-19(26)30-12-13-6-2-1-3-7-13)17(24)22-11-9-15-16(22)18(25)23(15)31(27,28)29/h1-3,6-7,14-16H,4-5,8-12,20H2,(H,21,26)(H,27,28,29)/t14-,15+,16-/m0/s1. The third-order valence-electron chi connectivity index (χ3n) is 5.41. The van der Waals surface area contributed by atoms with Gasteiger partial charge in [-0.2, -0.15) is 8.42 Å². The first-order valence-electron chi connectivity index (χ1n) is 10.0. The van der Waals surface area contributed by atoms with Crippen molar-refractivity contribution in [2.24, 2.45) is 5.73 Å². The van der Waals surface area contributed by atoms with Crippen LogP contribution in [0.25, 0.3) is 0 Å². The number of hydrogen-bond acceptors (Lipinski definition) is 7. The van der Waals surface area contributed by atoms with Gasteiger partial charge in [0.05, 0.1) is 12.1 Å². The van der Waals surface area contributed by atoms with Crippen LogP contribution in [0.1, 0.15) is 31.2 Å². The molecule has 3 atom stereocenters. The molecule has 0 radical (unpaired) electrons. The monoisotopic (exact) mass is 454 g/mol. The molecular formula is C19H26N4O7S. The second-order valence-electron chi connectivity index (χ2n) is 7.54. The number of alkyl carbamates (subject to hydrolysis) is 1. The summed E-state index contributed by atoms with van der Waals surface area (Å²) in [6, 6.07) is 6.84. The zero-order chi connectivity index (χ0) is 22.6. The minimum atomic E-state index is -4.62. The van der Waals surface area contributed by atoms with Crippen LogP contribution in [0.5, 0.6) is 0 Å². The van der Waals surface area contributed by atoms with Gasteiger partial charge in [0.1, 0.15) is 12.6 Å². The molecule has 4 N–H and O–H groups in total. The van der Waals surface area contributed by atoms with E-state index in [1.54, 1.807) is 0 Å². The van der Waals surface area contributed by atoms with Gasteiger partial charge in [-0.3, -0.25) is 14.1 Å². The maximum Gasteiger partial charge on any atom is 0.407 e. The number of amides is 3. The molecule has 2 saturated heterocycles. The van der Waals surface area contributed by atoms with Gasteiger partial charge < -0.3 is 20.7 Å². The number of carbonyl (C=O) groups is 3. The molecule has 0 unspecified atom stereocenters. The summed E-state index contributed by atoms with van der Waals surface area (Å²) >= 11 is 0. The average Bonchev–Trinajstić information content (AvgIpc) is 3.09. The predicted molar refractivity (Wildman–Crippen MR) is 109 cm³/mol. The van der Waals surface area contributed by atoms with E-state index in [1.807, 2.05) is 30.3 Å². The molecule has 0 spiro atoms. The van der Waals surface area contributed by atoms with Crippen LogP contribution in [-0.2, 0) is 31.2 Å². The summed E-state index contributed by atoms with van der Waals surface area (Å²) in [5, 5.41) is 2.63. The van der Waals surface area contributed by atoms with E-state index in [0.717, 1.165) is 5.56 Å². The third-order valence-corrected chi connectivity index (χ3v) is 6.36. The van der Waals surface area contributed by atoms with Crippen molar-refractivity contribution in [2.75, 3.05) is 13.1 Å². The molecule has 0 bridgehead atoms. The molecule has 2 aliphatic heterocycles. The minimum absolute atomic E-state index is 0.178. The molecular weight excluding hydrogens is 428 g/mol. The van der Waals surface area contributed by atoms with Crippen LogP contribution in [0.15, 0.2) is 30.3 Å². The van der Waals surface area contributed by atoms with Gasteiger partial charge in [-0.05, 0) is 31.2 Å². The van der Waals surface area contributed by atoms with Crippen molar-refractivity contribution in [3.8, 4) is 0 Å². The van der Waals surface area contributed by atoms with Crippen LogP contribution >= 0.6 is 0 Å². The fraction of sp³-hybridized carbons (Fsp3) is 0.526. The average molecular weight is 455 g/mol. The Morgan fingerprint density at radius 2 is 1.97 bits per heavy atom. The Bertz CT molecular complexity index is 924. The van der Waals surface area contributed by atoms with Crippen LogP contribution in [0, 0.1) is 0 Å². The minimum Gasteiger partial charge on any atom is -0.445 e. The van der Waals surface area contributed by atoms with E-state index in [2.05, 4.69) is 5.32 Å². The molecule has 11 nitrogen and oxygen atoms in total. The quantitative estimate of drug-likeness (QED) is 0.268. The van der Waals surface area contributed by atoms with Gasteiger partial charge in [-0.25, -0.2) is 9.10 Å². The smallest absolute Gasteiger partial charge is 0.407 e. The first kappa shape index (κ1) is 23.0. The number of carbonyl (C=O) groups excluding carboxylic acids is 3. The summed E-state index contributed by atoms with van der Waals surface area (Å²) in [4.78, 5) is 37.6. The second-order valence-corrected chi connectivity index (χ2v) is 8.82. The molecule has 2 heterocycles. The van der Waals surface area contributed by atoms with E-state index in [9.17, 15) is 22.8 Å². The van der Waals surface area contributed by atoms with Crippen LogP contribution < -0.4 is 11.1 Å². The lowest BCUT2D eigenvalue weighted by atomic mass is 9.99. The number of rotatable bonds is 9. The third kappa shape index (κ3) is 5.32. The number of hydrogen-bond donors (Lipinski definition) is 3. The zero-order valence-electron chi connectivity index (χ0n) is 16.8. The number of nitrogens with zero attached hydrogens (tertiary/aromatic N) is 2. The topological polar surface area (TPSA) is 159 Å². The Morgan fingerprint density at radius 3 is 2.65 bits per heavy atom. The summed E-state index contributed by atoms with van der Waals surface area (Å²) in [6.07, 6.45) is 1.24. The van der Waals surface area contributed by atoms with Crippen LogP contribution in [-0.4, -0.2) is 71.3 Å². The van der Waals surface area contributed by atoms with Crippen molar-refractivity contribution < 1.29 is 32.1 Å². The molecule has 3 amide bonds. The molecule has 170 valence electrons. The number of likely N-dealkylation sites (tertiary alicyclic amines) is 1. The molecule has 0 saturated carbocycles. The van der Waals surface area contributed by atoms with E-state index in [-0.39, 0.29) is 19.6 Å². The van der Waals surface area contributed by atoms with E-state index >= 15 is 0 Å². The van der Waals surface area contributed by atoms with Crippen molar-refractivity contribution in [3.05, 3.63) is 35.9 Å². The molecule has 31 heavy (non-hydrogen) atoms. The zero-order valence-corrected chi connectivity index (χ0v) is 17.7. The fourth-order valence-corrected chi connectivity index (χ4v) is 4.75. The molecule has 2 fully saturated rings. The highest BCUT2D eigenvalue weighted by Crippen LogP contribution is 2.35. The maximum absolute atomic E-state index is 12.6. The van der Waals surface area contributed by atoms with E-state index in [4.69, 9.17) is 15.0 Å². The molecule has 12 heteroatoms. The molecule has 1 aromatic carbocycles. The number of nitrogens with two attached hydrogens (primary N) is 1. The number of fused-ring (bicyclic) bond motifs is 1. The van der Waals surface area contributed by atoms with Gasteiger partial charge in [0.25, 0.3) is 5.91 Å².